The van der Waals surface area contributed by atoms with Crippen molar-refractivity contribution in [2.24, 2.45) is 23.2 Å². The van der Waals surface area contributed by atoms with Gasteiger partial charge in [0.15, 0.2) is 0 Å². The second-order valence-corrected chi connectivity index (χ2v) is 9.53. The molecule has 2 bridgehead atoms. The number of sulfonamides is 1. The molecule has 22 heavy (non-hydrogen) atoms. The van der Waals surface area contributed by atoms with Crippen LogP contribution in [-0.2, 0) is 10.0 Å². The molecule has 1 N–H and O–H groups in total. The number of hydrogen-bond acceptors (Lipinski definition) is 2. The van der Waals surface area contributed by atoms with Crippen LogP contribution in [0.3, 0.4) is 0 Å². The third-order valence-electron chi connectivity index (χ3n) is 6.09. The molecule has 3 saturated carbocycles. The van der Waals surface area contributed by atoms with E-state index >= 15 is 0 Å². The van der Waals surface area contributed by atoms with Gasteiger partial charge in [-0.05, 0) is 54.9 Å². The summed E-state index contributed by atoms with van der Waals surface area (Å²) in [6, 6.07) is 9.59. The molecule has 4 heteroatoms. The first-order valence-electron chi connectivity index (χ1n) is 8.34. The summed E-state index contributed by atoms with van der Waals surface area (Å²) in [5.74, 6) is 1.99. The molecule has 4 atom stereocenters. The highest BCUT2D eigenvalue weighted by atomic mass is 32.2. The second kappa shape index (κ2) is 5.64. The van der Waals surface area contributed by atoms with Crippen LogP contribution in [0.5, 0.6) is 0 Å². The van der Waals surface area contributed by atoms with Crippen molar-refractivity contribution in [3.05, 3.63) is 35.9 Å². The quantitative estimate of drug-likeness (QED) is 0.898. The lowest BCUT2D eigenvalue weighted by atomic mass is 9.46. The maximum Gasteiger partial charge on any atom is 0.212 e. The summed E-state index contributed by atoms with van der Waals surface area (Å²) in [6.07, 6.45) is 3.48. The average molecular weight is 321 g/mol. The molecule has 1 aromatic rings. The standard InChI is InChI=1S/C18H27NO2S/c1-13(14-7-5-4-6-8-14)19-22(20,21)12-15-9-10-16-11-17(15)18(16,2)3/h4-8,13,15-17,19H,9-12H2,1-3H3/t13-,15+,16+,17+/m1/s1. The number of hydrogen-bond donors (Lipinski definition) is 1. The van der Waals surface area contributed by atoms with Gasteiger partial charge in [-0.1, -0.05) is 44.2 Å². The zero-order valence-corrected chi connectivity index (χ0v) is 14.6. The van der Waals surface area contributed by atoms with Crippen LogP contribution in [0, 0.1) is 23.2 Å². The van der Waals surface area contributed by atoms with Gasteiger partial charge in [-0.3, -0.25) is 0 Å². The molecule has 3 nitrogen and oxygen atoms in total. The molecule has 0 amide bonds. The van der Waals surface area contributed by atoms with E-state index in [1.165, 1.54) is 12.8 Å². The van der Waals surface area contributed by atoms with Crippen LogP contribution < -0.4 is 4.72 Å². The molecule has 4 rings (SSSR count). The van der Waals surface area contributed by atoms with E-state index in [2.05, 4.69) is 18.6 Å². The van der Waals surface area contributed by atoms with E-state index in [4.69, 9.17) is 0 Å². The summed E-state index contributed by atoms with van der Waals surface area (Å²) in [7, 11) is -3.24. The van der Waals surface area contributed by atoms with Gasteiger partial charge >= 0.3 is 0 Å². The van der Waals surface area contributed by atoms with Crippen molar-refractivity contribution in [1.82, 2.24) is 4.72 Å². The van der Waals surface area contributed by atoms with E-state index in [0.717, 1.165) is 17.9 Å². The molecule has 0 saturated heterocycles. The van der Waals surface area contributed by atoms with Gasteiger partial charge in [-0.25, -0.2) is 13.1 Å². The summed E-state index contributed by atoms with van der Waals surface area (Å²) in [5.41, 5.74) is 1.35. The fourth-order valence-corrected chi connectivity index (χ4v) is 6.30. The Bertz CT molecular complexity index is 622. The molecule has 0 radical (unpaired) electrons. The van der Waals surface area contributed by atoms with Gasteiger partial charge in [0.2, 0.25) is 10.0 Å². The van der Waals surface area contributed by atoms with E-state index in [1.54, 1.807) is 0 Å². The summed E-state index contributed by atoms with van der Waals surface area (Å²) in [5, 5.41) is 0. The maximum atomic E-state index is 12.5. The predicted molar refractivity (Wildman–Crippen MR) is 89.9 cm³/mol. The van der Waals surface area contributed by atoms with Crippen molar-refractivity contribution in [3.8, 4) is 0 Å². The highest BCUT2D eigenvalue weighted by Crippen LogP contribution is 2.61. The highest BCUT2D eigenvalue weighted by molar-refractivity contribution is 7.89. The minimum absolute atomic E-state index is 0.170. The van der Waals surface area contributed by atoms with E-state index in [0.29, 0.717) is 17.3 Å². The van der Waals surface area contributed by atoms with E-state index < -0.39 is 10.0 Å². The van der Waals surface area contributed by atoms with Crippen molar-refractivity contribution in [3.63, 3.8) is 0 Å². The Morgan fingerprint density at radius 1 is 1.23 bits per heavy atom. The first kappa shape index (κ1) is 16.0. The third-order valence-corrected chi connectivity index (χ3v) is 7.67. The van der Waals surface area contributed by atoms with Crippen LogP contribution >= 0.6 is 0 Å². The van der Waals surface area contributed by atoms with Gasteiger partial charge in [0.05, 0.1) is 5.75 Å². The van der Waals surface area contributed by atoms with Crippen molar-refractivity contribution in [2.75, 3.05) is 5.75 Å². The topological polar surface area (TPSA) is 46.2 Å². The molecule has 3 fully saturated rings. The van der Waals surface area contributed by atoms with Crippen LogP contribution in [0.4, 0.5) is 0 Å². The minimum atomic E-state index is -3.24. The van der Waals surface area contributed by atoms with Gasteiger partial charge in [0.25, 0.3) is 0 Å². The maximum absolute atomic E-state index is 12.5. The van der Waals surface area contributed by atoms with Gasteiger partial charge in [0, 0.05) is 6.04 Å². The normalized spacial score (nSPS) is 31.3. The Hall–Kier alpha value is -0.870. The van der Waals surface area contributed by atoms with Crippen LogP contribution in [0.1, 0.15) is 51.6 Å². The third kappa shape index (κ3) is 2.95. The second-order valence-electron chi connectivity index (χ2n) is 7.73. The Kier molecular flexibility index (Phi) is 4.11. The molecule has 0 unspecified atom stereocenters. The number of rotatable bonds is 5. The Morgan fingerprint density at radius 3 is 2.50 bits per heavy atom. The van der Waals surface area contributed by atoms with Gasteiger partial charge < -0.3 is 0 Å². The lowest BCUT2D eigenvalue weighted by Gasteiger charge is -2.60. The summed E-state index contributed by atoms with van der Waals surface area (Å²) in [4.78, 5) is 0. The predicted octanol–water partition coefficient (Wildman–Crippen LogP) is 3.74. The summed E-state index contributed by atoms with van der Waals surface area (Å²) < 4.78 is 27.9. The monoisotopic (exact) mass is 321 g/mol. The van der Waals surface area contributed by atoms with Crippen molar-refractivity contribution < 1.29 is 8.42 Å². The fourth-order valence-electron chi connectivity index (χ4n) is 4.57. The van der Waals surface area contributed by atoms with Crippen molar-refractivity contribution >= 4 is 10.0 Å². The highest BCUT2D eigenvalue weighted by Gasteiger charge is 2.54. The minimum Gasteiger partial charge on any atom is -0.212 e. The molecular weight excluding hydrogens is 294 g/mol. The first-order valence-corrected chi connectivity index (χ1v) is 10.00. The van der Waals surface area contributed by atoms with Gasteiger partial charge in [0.1, 0.15) is 0 Å². The molecule has 122 valence electrons. The first-order chi connectivity index (χ1) is 10.3. The molecule has 3 aliphatic rings. The molecule has 0 heterocycles. The number of benzene rings is 1. The van der Waals surface area contributed by atoms with Crippen LogP contribution in [0.25, 0.3) is 0 Å². The van der Waals surface area contributed by atoms with E-state index in [9.17, 15) is 8.42 Å². The van der Waals surface area contributed by atoms with Crippen molar-refractivity contribution in [1.29, 1.82) is 0 Å². The largest absolute Gasteiger partial charge is 0.212 e. The Morgan fingerprint density at radius 2 is 1.91 bits per heavy atom. The Labute approximate surface area is 134 Å². The van der Waals surface area contributed by atoms with Crippen molar-refractivity contribution in [2.45, 2.75) is 46.1 Å². The molecule has 3 aliphatic carbocycles. The Balaban J connectivity index is 1.64. The molecule has 0 spiro atoms. The number of nitrogens with one attached hydrogen (secondary N) is 1. The fraction of sp³-hybridized carbons (Fsp3) is 0.667. The lowest BCUT2D eigenvalue weighted by Crippen LogP contribution is -2.54. The van der Waals surface area contributed by atoms with E-state index in [1.807, 2.05) is 37.3 Å². The van der Waals surface area contributed by atoms with Crippen LogP contribution in [0.2, 0.25) is 0 Å². The molecular formula is C18H27NO2S. The zero-order valence-electron chi connectivity index (χ0n) is 13.7. The van der Waals surface area contributed by atoms with Crippen LogP contribution in [0.15, 0.2) is 30.3 Å². The SMILES string of the molecule is C[C@@H](NS(=O)(=O)C[C@@H]1CC[C@H]2C[C@@H]1C2(C)C)c1ccccc1. The average Bonchev–Trinajstić information content (AvgIpc) is 2.47. The molecule has 0 aliphatic heterocycles. The van der Waals surface area contributed by atoms with Crippen LogP contribution in [-0.4, -0.2) is 14.2 Å². The van der Waals surface area contributed by atoms with Gasteiger partial charge in [-0.2, -0.15) is 0 Å². The number of fused-ring (bicyclic) bond motifs is 2. The smallest absolute Gasteiger partial charge is 0.212 e. The van der Waals surface area contributed by atoms with Gasteiger partial charge in [-0.15, -0.1) is 0 Å². The van der Waals surface area contributed by atoms with E-state index in [-0.39, 0.29) is 11.8 Å². The lowest BCUT2D eigenvalue weighted by molar-refractivity contribution is -0.0978. The zero-order chi connectivity index (χ0) is 16.0. The molecule has 0 aromatic heterocycles. The molecule has 1 aromatic carbocycles. The summed E-state index contributed by atoms with van der Waals surface area (Å²) >= 11 is 0. The summed E-state index contributed by atoms with van der Waals surface area (Å²) in [6.45, 7) is 6.53.